The van der Waals surface area contributed by atoms with Gasteiger partial charge in [-0.05, 0) is 45.0 Å². The summed E-state index contributed by atoms with van der Waals surface area (Å²) >= 11 is 0. The minimum absolute atomic E-state index is 0.0249. The Hall–Kier alpha value is -1.92. The topological polar surface area (TPSA) is 98.7 Å². The lowest BCUT2D eigenvalue weighted by Crippen LogP contribution is -2.51. The molecule has 6 nitrogen and oxygen atoms in total. The second-order valence-electron chi connectivity index (χ2n) is 5.44. The van der Waals surface area contributed by atoms with E-state index in [2.05, 4.69) is 10.6 Å². The number of hydrogen-bond acceptors (Lipinski definition) is 5. The van der Waals surface area contributed by atoms with E-state index in [0.29, 0.717) is 0 Å². The molecule has 0 saturated carbocycles. The average Bonchev–Trinajstić information content (AvgIpc) is 2.44. The van der Waals surface area contributed by atoms with E-state index in [-0.39, 0.29) is 24.5 Å². The Morgan fingerprint density at radius 2 is 1.81 bits per heavy atom. The van der Waals surface area contributed by atoms with Crippen LogP contribution < -0.4 is 10.6 Å². The molecule has 116 valence electrons. The first-order chi connectivity index (χ1) is 9.76. The fourth-order valence-corrected chi connectivity index (χ4v) is 1.69. The Labute approximate surface area is 124 Å². The Morgan fingerprint density at radius 1 is 1.24 bits per heavy atom. The van der Waals surface area contributed by atoms with Gasteiger partial charge in [0.05, 0.1) is 12.1 Å². The molecule has 0 saturated heterocycles. The van der Waals surface area contributed by atoms with Crippen LogP contribution in [-0.4, -0.2) is 47.1 Å². The van der Waals surface area contributed by atoms with Gasteiger partial charge in [-0.3, -0.25) is 14.9 Å². The number of carbonyl (C=O) groups is 2. The van der Waals surface area contributed by atoms with E-state index in [1.54, 1.807) is 33.0 Å². The van der Waals surface area contributed by atoms with Crippen LogP contribution in [0, 0.1) is 0 Å². The second kappa shape index (κ2) is 7.19. The van der Waals surface area contributed by atoms with Crippen LogP contribution in [0.5, 0.6) is 5.75 Å². The molecule has 0 aromatic heterocycles. The highest BCUT2D eigenvalue weighted by Crippen LogP contribution is 2.11. The highest BCUT2D eigenvalue weighted by Gasteiger charge is 2.26. The molecule has 1 aromatic rings. The van der Waals surface area contributed by atoms with Crippen molar-refractivity contribution in [2.75, 3.05) is 13.6 Å². The number of benzene rings is 1. The van der Waals surface area contributed by atoms with Crippen molar-refractivity contribution in [2.45, 2.75) is 31.8 Å². The largest absolute Gasteiger partial charge is 0.508 e. The average molecular weight is 294 g/mol. The Kier molecular flexibility index (Phi) is 5.87. The molecule has 0 unspecified atom stereocenters. The van der Waals surface area contributed by atoms with E-state index in [1.807, 2.05) is 0 Å². The van der Waals surface area contributed by atoms with E-state index in [0.717, 1.165) is 5.56 Å². The summed E-state index contributed by atoms with van der Waals surface area (Å²) in [5.74, 6) is -0.996. The summed E-state index contributed by atoms with van der Waals surface area (Å²) in [6, 6.07) is 5.47. The van der Waals surface area contributed by atoms with Crippen LogP contribution in [0.4, 0.5) is 0 Å². The molecular weight excluding hydrogens is 272 g/mol. The molecule has 0 radical (unpaired) electrons. The summed E-state index contributed by atoms with van der Waals surface area (Å²) in [4.78, 5) is 23.2. The third kappa shape index (κ3) is 5.17. The van der Waals surface area contributed by atoms with Crippen molar-refractivity contribution in [3.63, 3.8) is 0 Å². The number of carboxylic acid groups (broad SMARTS) is 1. The number of aromatic hydroxyl groups is 1. The lowest BCUT2D eigenvalue weighted by atomic mass is 9.99. The van der Waals surface area contributed by atoms with Crippen molar-refractivity contribution in [2.24, 2.45) is 0 Å². The van der Waals surface area contributed by atoms with Gasteiger partial charge in [0.25, 0.3) is 0 Å². The minimum atomic E-state index is -1.02. The van der Waals surface area contributed by atoms with Crippen LogP contribution >= 0.6 is 0 Å². The molecule has 1 rings (SSSR count). The lowest BCUT2D eigenvalue weighted by Gasteiger charge is -2.23. The van der Waals surface area contributed by atoms with Crippen molar-refractivity contribution in [1.29, 1.82) is 0 Å². The van der Waals surface area contributed by atoms with Gasteiger partial charge in [-0.2, -0.15) is 0 Å². The molecule has 0 fully saturated rings. The van der Waals surface area contributed by atoms with Crippen LogP contribution in [0.2, 0.25) is 0 Å². The van der Waals surface area contributed by atoms with Crippen LogP contribution in [-0.2, 0) is 16.0 Å². The molecule has 0 aliphatic rings. The maximum Gasteiger partial charge on any atom is 0.321 e. The number of Topliss-reactive ketones (excluding diaryl/α,β-unsaturated/α-hetero) is 1. The first kappa shape index (κ1) is 17.1. The number of carbonyl (C=O) groups excluding carboxylic acids is 1. The molecule has 1 atom stereocenters. The smallest absolute Gasteiger partial charge is 0.321 e. The van der Waals surface area contributed by atoms with Crippen LogP contribution in [0.1, 0.15) is 19.4 Å². The molecule has 0 aliphatic carbocycles. The van der Waals surface area contributed by atoms with Gasteiger partial charge in [0.1, 0.15) is 11.8 Å². The van der Waals surface area contributed by atoms with Gasteiger partial charge in [0.15, 0.2) is 5.78 Å². The first-order valence-electron chi connectivity index (χ1n) is 6.72. The normalized spacial score (nSPS) is 12.9. The van der Waals surface area contributed by atoms with Crippen molar-refractivity contribution in [3.05, 3.63) is 29.8 Å². The van der Waals surface area contributed by atoms with Crippen LogP contribution in [0.3, 0.4) is 0 Å². The zero-order chi connectivity index (χ0) is 16.0. The number of ketones is 1. The first-order valence-corrected chi connectivity index (χ1v) is 6.72. The zero-order valence-electron chi connectivity index (χ0n) is 12.5. The van der Waals surface area contributed by atoms with Gasteiger partial charge in [-0.15, -0.1) is 0 Å². The summed E-state index contributed by atoms with van der Waals surface area (Å²) in [5.41, 5.74) is 0.0715. The van der Waals surface area contributed by atoms with Crippen molar-refractivity contribution in [1.82, 2.24) is 10.6 Å². The lowest BCUT2D eigenvalue weighted by molar-refractivity contribution is -0.139. The molecular formula is C15H22N2O4. The quantitative estimate of drug-likeness (QED) is 0.559. The van der Waals surface area contributed by atoms with Crippen LogP contribution in [0.15, 0.2) is 24.3 Å². The summed E-state index contributed by atoms with van der Waals surface area (Å²) in [7, 11) is 1.68. The summed E-state index contributed by atoms with van der Waals surface area (Å²) in [5, 5.41) is 24.1. The van der Waals surface area contributed by atoms with E-state index in [9.17, 15) is 19.8 Å². The Balaban J connectivity index is 2.65. The maximum absolute atomic E-state index is 12.0. The predicted octanol–water partition coefficient (Wildman–Crippen LogP) is 0.545. The number of aliphatic carboxylic acids is 1. The van der Waals surface area contributed by atoms with Gasteiger partial charge in [0.2, 0.25) is 0 Å². The molecule has 6 heteroatoms. The molecule has 1 aromatic carbocycles. The molecule has 4 N–H and O–H groups in total. The van der Waals surface area contributed by atoms with E-state index >= 15 is 0 Å². The predicted molar refractivity (Wildman–Crippen MR) is 79.4 cm³/mol. The number of rotatable bonds is 8. The summed E-state index contributed by atoms with van der Waals surface area (Å²) in [6.45, 7) is 3.46. The third-order valence-corrected chi connectivity index (χ3v) is 3.51. The number of carboxylic acids is 1. The molecule has 0 spiro atoms. The SMILES string of the molecule is CNC(C)(C)C(=O)CN[C@H](Cc1ccc(O)cc1)C(=O)O. The third-order valence-electron chi connectivity index (χ3n) is 3.51. The fraction of sp³-hybridized carbons (Fsp3) is 0.467. The highest BCUT2D eigenvalue weighted by molar-refractivity contribution is 5.89. The van der Waals surface area contributed by atoms with Gasteiger partial charge in [-0.1, -0.05) is 12.1 Å². The van der Waals surface area contributed by atoms with E-state index in [1.165, 1.54) is 12.1 Å². The van der Waals surface area contributed by atoms with E-state index < -0.39 is 17.6 Å². The van der Waals surface area contributed by atoms with Gasteiger partial charge in [-0.25, -0.2) is 0 Å². The highest BCUT2D eigenvalue weighted by atomic mass is 16.4. The number of hydrogen-bond donors (Lipinski definition) is 4. The van der Waals surface area contributed by atoms with Crippen LogP contribution in [0.25, 0.3) is 0 Å². The molecule has 0 heterocycles. The number of nitrogens with one attached hydrogen (secondary N) is 2. The maximum atomic E-state index is 12.0. The molecule has 0 aliphatic heterocycles. The van der Waals surface area contributed by atoms with E-state index in [4.69, 9.17) is 0 Å². The van der Waals surface area contributed by atoms with Gasteiger partial charge >= 0.3 is 5.97 Å². The Bertz CT molecular complexity index is 497. The molecule has 21 heavy (non-hydrogen) atoms. The number of phenolic OH excluding ortho intramolecular Hbond substituents is 1. The van der Waals surface area contributed by atoms with Gasteiger partial charge < -0.3 is 15.5 Å². The van der Waals surface area contributed by atoms with Crippen molar-refractivity contribution >= 4 is 11.8 Å². The number of phenols is 1. The Morgan fingerprint density at radius 3 is 2.29 bits per heavy atom. The fourth-order valence-electron chi connectivity index (χ4n) is 1.69. The zero-order valence-corrected chi connectivity index (χ0v) is 12.5. The molecule has 0 amide bonds. The second-order valence-corrected chi connectivity index (χ2v) is 5.44. The molecule has 0 bridgehead atoms. The van der Waals surface area contributed by atoms with Crippen molar-refractivity contribution in [3.8, 4) is 5.75 Å². The van der Waals surface area contributed by atoms with Gasteiger partial charge in [0, 0.05) is 0 Å². The van der Waals surface area contributed by atoms with Crippen molar-refractivity contribution < 1.29 is 19.8 Å². The minimum Gasteiger partial charge on any atom is -0.508 e. The standard InChI is InChI=1S/C15H22N2O4/c1-15(2,16-3)13(19)9-17-12(14(20)21)8-10-4-6-11(18)7-5-10/h4-7,12,16-18H,8-9H2,1-3H3,(H,20,21)/t12-/m1/s1. The number of likely N-dealkylation sites (N-methyl/N-ethyl adjacent to an activating group) is 1. The summed E-state index contributed by atoms with van der Waals surface area (Å²) in [6.07, 6.45) is 0.239. The monoisotopic (exact) mass is 294 g/mol. The summed E-state index contributed by atoms with van der Waals surface area (Å²) < 4.78 is 0.